The van der Waals surface area contributed by atoms with Crippen LogP contribution in [-0.2, 0) is 22.1 Å². The maximum absolute atomic E-state index is 12.9. The molecule has 0 N–H and O–H groups in total. The molecule has 0 saturated carbocycles. The van der Waals surface area contributed by atoms with Crippen LogP contribution >= 0.6 is 0 Å². The van der Waals surface area contributed by atoms with Gasteiger partial charge in [-0.05, 0) is 0 Å². The van der Waals surface area contributed by atoms with Crippen LogP contribution in [0.5, 0.6) is 0 Å². The fraction of sp³-hybridized carbons (Fsp3) is 0.364. The summed E-state index contributed by atoms with van der Waals surface area (Å²) >= 11 is 0. The number of nitriles is 1. The molecule has 0 atom stereocenters. The molecule has 0 amide bonds. The lowest BCUT2D eigenvalue weighted by Gasteiger charge is -2.16. The van der Waals surface area contributed by atoms with Gasteiger partial charge in [-0.25, -0.2) is 8.78 Å². The van der Waals surface area contributed by atoms with Gasteiger partial charge in [-0.3, -0.25) is 9.78 Å². The van der Waals surface area contributed by atoms with Crippen LogP contribution in [0.1, 0.15) is 28.8 Å². The van der Waals surface area contributed by atoms with Crippen molar-refractivity contribution in [3.05, 3.63) is 28.6 Å². The average Bonchev–Trinajstić information content (AvgIpc) is 2.36. The summed E-state index contributed by atoms with van der Waals surface area (Å²) in [6.07, 6.45) is -9.03. The number of methoxy groups -OCH3 is 1. The SMILES string of the molecule is COC(=O)Cc1ncc(C#N)c(C(F)(F)F)c1C(F)F. The number of pyridine rings is 1. The van der Waals surface area contributed by atoms with Crippen LogP contribution in [0.2, 0.25) is 0 Å². The number of carbonyl (C=O) groups excluding carboxylic acids is 1. The molecule has 108 valence electrons. The van der Waals surface area contributed by atoms with Crippen molar-refractivity contribution in [2.75, 3.05) is 7.11 Å². The molecular formula is C11H7F5N2O2. The number of nitrogens with zero attached hydrogens (tertiary/aromatic N) is 2. The van der Waals surface area contributed by atoms with Gasteiger partial charge >= 0.3 is 12.1 Å². The van der Waals surface area contributed by atoms with Gasteiger partial charge in [0.25, 0.3) is 6.43 Å². The van der Waals surface area contributed by atoms with E-state index < -0.39 is 47.4 Å². The normalized spacial score (nSPS) is 11.3. The van der Waals surface area contributed by atoms with Gasteiger partial charge in [0.1, 0.15) is 6.07 Å². The molecule has 1 aromatic heterocycles. The molecule has 20 heavy (non-hydrogen) atoms. The fourth-order valence-electron chi connectivity index (χ4n) is 1.54. The summed E-state index contributed by atoms with van der Waals surface area (Å²) in [5, 5.41) is 8.58. The Morgan fingerprint density at radius 2 is 2.10 bits per heavy atom. The second-order valence-electron chi connectivity index (χ2n) is 3.57. The lowest BCUT2D eigenvalue weighted by Crippen LogP contribution is -2.18. The molecule has 0 fully saturated rings. The van der Waals surface area contributed by atoms with Crippen molar-refractivity contribution >= 4 is 5.97 Å². The Hall–Kier alpha value is -2.24. The molecule has 1 heterocycles. The molecule has 0 aromatic carbocycles. The fourth-order valence-corrected chi connectivity index (χ4v) is 1.54. The third-order valence-electron chi connectivity index (χ3n) is 2.36. The molecule has 1 rings (SSSR count). The monoisotopic (exact) mass is 294 g/mol. The van der Waals surface area contributed by atoms with Gasteiger partial charge in [0.15, 0.2) is 0 Å². The summed E-state index contributed by atoms with van der Waals surface area (Å²) in [6, 6.07) is 1.16. The van der Waals surface area contributed by atoms with E-state index in [9.17, 15) is 26.7 Å². The Kier molecular flexibility index (Phi) is 4.60. The molecule has 0 spiro atoms. The molecule has 1 aromatic rings. The second kappa shape index (κ2) is 5.81. The quantitative estimate of drug-likeness (QED) is 0.635. The van der Waals surface area contributed by atoms with Crippen molar-refractivity contribution in [2.45, 2.75) is 19.0 Å². The summed E-state index contributed by atoms with van der Waals surface area (Å²) in [5.41, 5.74) is -5.04. The number of alkyl halides is 5. The van der Waals surface area contributed by atoms with Crippen molar-refractivity contribution < 1.29 is 31.5 Å². The number of hydrogen-bond donors (Lipinski definition) is 0. The maximum atomic E-state index is 12.9. The highest BCUT2D eigenvalue weighted by molar-refractivity contribution is 5.72. The van der Waals surface area contributed by atoms with Crippen molar-refractivity contribution in [2.24, 2.45) is 0 Å². The zero-order valence-corrected chi connectivity index (χ0v) is 9.96. The first-order valence-corrected chi connectivity index (χ1v) is 5.06. The molecular weight excluding hydrogens is 287 g/mol. The third kappa shape index (κ3) is 3.20. The van der Waals surface area contributed by atoms with Crippen molar-refractivity contribution in [3.63, 3.8) is 0 Å². The second-order valence-corrected chi connectivity index (χ2v) is 3.57. The van der Waals surface area contributed by atoms with Gasteiger partial charge in [0.2, 0.25) is 0 Å². The van der Waals surface area contributed by atoms with Crippen LogP contribution in [0, 0.1) is 11.3 Å². The Morgan fingerprint density at radius 1 is 1.50 bits per heavy atom. The predicted octanol–water partition coefficient (Wildman–Crippen LogP) is 2.63. The largest absolute Gasteiger partial charge is 0.469 e. The van der Waals surface area contributed by atoms with E-state index in [4.69, 9.17) is 5.26 Å². The van der Waals surface area contributed by atoms with Gasteiger partial charge in [0.05, 0.1) is 35.9 Å². The highest BCUT2D eigenvalue weighted by atomic mass is 19.4. The van der Waals surface area contributed by atoms with E-state index in [1.165, 1.54) is 0 Å². The van der Waals surface area contributed by atoms with E-state index in [0.717, 1.165) is 13.2 Å². The lowest BCUT2D eigenvalue weighted by molar-refractivity contribution is -0.141. The van der Waals surface area contributed by atoms with Crippen LogP contribution in [0.15, 0.2) is 6.20 Å². The Morgan fingerprint density at radius 3 is 2.50 bits per heavy atom. The van der Waals surface area contributed by atoms with E-state index in [0.29, 0.717) is 6.20 Å². The molecule has 0 saturated heterocycles. The molecule has 0 aliphatic rings. The highest BCUT2D eigenvalue weighted by Crippen LogP contribution is 2.39. The zero-order chi connectivity index (χ0) is 15.5. The number of hydrogen-bond acceptors (Lipinski definition) is 4. The van der Waals surface area contributed by atoms with E-state index in [1.54, 1.807) is 0 Å². The first kappa shape index (κ1) is 15.8. The number of carbonyl (C=O) groups is 1. The summed E-state index contributed by atoms with van der Waals surface area (Å²) in [6.45, 7) is 0. The average molecular weight is 294 g/mol. The van der Waals surface area contributed by atoms with Gasteiger partial charge in [-0.15, -0.1) is 0 Å². The van der Waals surface area contributed by atoms with Gasteiger partial charge in [0, 0.05) is 6.20 Å². The van der Waals surface area contributed by atoms with Crippen molar-refractivity contribution in [3.8, 4) is 6.07 Å². The minimum Gasteiger partial charge on any atom is -0.469 e. The number of aromatic nitrogens is 1. The topological polar surface area (TPSA) is 63.0 Å². The Labute approximate surface area is 109 Å². The smallest absolute Gasteiger partial charge is 0.418 e. The number of halogens is 5. The van der Waals surface area contributed by atoms with Crippen molar-refractivity contribution in [1.29, 1.82) is 5.26 Å². The van der Waals surface area contributed by atoms with Crippen LogP contribution in [-0.4, -0.2) is 18.1 Å². The molecule has 0 radical (unpaired) electrons. The Bertz CT molecular complexity index is 563. The molecule has 4 nitrogen and oxygen atoms in total. The van der Waals surface area contributed by atoms with Crippen LogP contribution in [0.25, 0.3) is 0 Å². The molecule has 0 unspecified atom stereocenters. The number of rotatable bonds is 3. The first-order valence-electron chi connectivity index (χ1n) is 5.06. The van der Waals surface area contributed by atoms with Crippen LogP contribution in [0.3, 0.4) is 0 Å². The van der Waals surface area contributed by atoms with E-state index in [2.05, 4.69) is 9.72 Å². The minimum absolute atomic E-state index is 0.507. The summed E-state index contributed by atoms with van der Waals surface area (Å²) in [4.78, 5) is 14.3. The predicted molar refractivity (Wildman–Crippen MR) is 54.6 cm³/mol. The van der Waals surface area contributed by atoms with Crippen LogP contribution < -0.4 is 0 Å². The lowest BCUT2D eigenvalue weighted by atomic mass is 10.00. The zero-order valence-electron chi connectivity index (χ0n) is 9.96. The summed E-state index contributed by atoms with van der Waals surface area (Å²) < 4.78 is 68.5. The first-order chi connectivity index (χ1) is 9.22. The Balaban J connectivity index is 3.57. The maximum Gasteiger partial charge on any atom is 0.418 e. The van der Waals surface area contributed by atoms with E-state index in [1.807, 2.05) is 0 Å². The van der Waals surface area contributed by atoms with Gasteiger partial charge < -0.3 is 4.74 Å². The van der Waals surface area contributed by atoms with E-state index in [-0.39, 0.29) is 0 Å². The van der Waals surface area contributed by atoms with Crippen molar-refractivity contribution in [1.82, 2.24) is 4.98 Å². The van der Waals surface area contributed by atoms with Gasteiger partial charge in [-0.2, -0.15) is 18.4 Å². The molecule has 0 bridgehead atoms. The minimum atomic E-state index is -5.16. The highest BCUT2D eigenvalue weighted by Gasteiger charge is 2.40. The van der Waals surface area contributed by atoms with Gasteiger partial charge in [-0.1, -0.05) is 0 Å². The summed E-state index contributed by atoms with van der Waals surface area (Å²) in [5.74, 6) is -1.02. The molecule has 0 aliphatic carbocycles. The third-order valence-corrected chi connectivity index (χ3v) is 2.36. The summed E-state index contributed by atoms with van der Waals surface area (Å²) in [7, 11) is 0.957. The molecule has 0 aliphatic heterocycles. The number of ether oxygens (including phenoxy) is 1. The number of esters is 1. The van der Waals surface area contributed by atoms with Crippen LogP contribution in [0.4, 0.5) is 22.0 Å². The van der Waals surface area contributed by atoms with E-state index >= 15 is 0 Å². The standard InChI is InChI=1S/C11H7F5N2O2/c1-20-7(19)2-6-8(10(12)13)9(11(14,15)16)5(3-17)4-18-6/h4,10H,2H2,1H3. The molecule has 9 heteroatoms.